The molecule has 0 amide bonds. The van der Waals surface area contributed by atoms with Gasteiger partial charge in [0.2, 0.25) is 6.43 Å². The fraction of sp³-hybridized carbons (Fsp3) is 0.438. The largest absolute Gasteiger partial charge is 0.386 e. The van der Waals surface area contributed by atoms with Crippen molar-refractivity contribution in [2.45, 2.75) is 84.4 Å². The van der Waals surface area contributed by atoms with E-state index in [2.05, 4.69) is 55.9 Å². The summed E-state index contributed by atoms with van der Waals surface area (Å²) in [4.78, 5) is 2.27. The smallest absolute Gasteiger partial charge is 0.235 e. The van der Waals surface area contributed by atoms with Crippen LogP contribution in [0.25, 0.3) is 5.57 Å². The first kappa shape index (κ1) is 29.6. The molecule has 4 rings (SSSR count). The molecule has 3 nitrogen and oxygen atoms in total. The highest BCUT2D eigenvalue weighted by Gasteiger charge is 2.42. The van der Waals surface area contributed by atoms with Gasteiger partial charge in [-0.3, -0.25) is 0 Å². The summed E-state index contributed by atoms with van der Waals surface area (Å²) in [6.07, 6.45) is 5.49. The number of alkyl halides is 2. The Morgan fingerprint density at radius 1 is 1.16 bits per heavy atom. The van der Waals surface area contributed by atoms with Gasteiger partial charge in [0.15, 0.2) is 0 Å². The van der Waals surface area contributed by atoms with E-state index in [1.54, 1.807) is 26.0 Å². The number of hydrogen-bond donors (Lipinski definition) is 2. The fourth-order valence-corrected chi connectivity index (χ4v) is 5.57. The molecule has 206 valence electrons. The average Bonchev–Trinajstić information content (AvgIpc) is 3.15. The molecule has 3 atom stereocenters. The number of anilines is 2. The second-order valence-electron chi connectivity index (χ2n) is 10.9. The number of nitrogens with one attached hydrogen (secondary N) is 1. The van der Waals surface area contributed by atoms with Gasteiger partial charge in [-0.25, -0.2) is 13.2 Å². The Balaban J connectivity index is 0.000000934. The second-order valence-corrected chi connectivity index (χ2v) is 10.9. The van der Waals surface area contributed by atoms with Crippen molar-refractivity contribution >= 4 is 16.9 Å². The zero-order valence-corrected chi connectivity index (χ0v) is 23.6. The number of benzene rings is 2. The van der Waals surface area contributed by atoms with Crippen molar-refractivity contribution in [3.8, 4) is 0 Å². The number of aliphatic hydroxyl groups is 1. The van der Waals surface area contributed by atoms with Crippen LogP contribution in [0.5, 0.6) is 0 Å². The maximum Gasteiger partial charge on any atom is 0.235 e. The Morgan fingerprint density at radius 3 is 2.42 bits per heavy atom. The summed E-state index contributed by atoms with van der Waals surface area (Å²) in [5, 5.41) is 13.9. The third-order valence-corrected chi connectivity index (χ3v) is 7.64. The van der Waals surface area contributed by atoms with Crippen molar-refractivity contribution in [1.82, 2.24) is 0 Å². The predicted octanol–water partition coefficient (Wildman–Crippen LogP) is 8.18. The van der Waals surface area contributed by atoms with Crippen LogP contribution in [-0.2, 0) is 0 Å². The lowest BCUT2D eigenvalue weighted by Gasteiger charge is -2.34. The number of aryl methyl sites for hydroxylation is 2. The minimum Gasteiger partial charge on any atom is -0.386 e. The van der Waals surface area contributed by atoms with Crippen LogP contribution in [0.4, 0.5) is 24.5 Å². The average molecular weight is 527 g/mol. The maximum atomic E-state index is 15.4. The molecule has 0 radical (unpaired) electrons. The summed E-state index contributed by atoms with van der Waals surface area (Å²) >= 11 is 0. The fourth-order valence-electron chi connectivity index (χ4n) is 5.57. The van der Waals surface area contributed by atoms with E-state index < -0.39 is 12.0 Å². The zero-order chi connectivity index (χ0) is 28.4. The molecule has 2 aliphatic rings. The SMILES string of the molecule is C=C(/C=C\C(=C/C)c1cc(C)c(N(C)C2CC3CC2Nc2cccc(C)c23)cc1F)C(C)(C)O.CC(F)F. The van der Waals surface area contributed by atoms with E-state index in [0.717, 1.165) is 36.6 Å². The highest BCUT2D eigenvalue weighted by molar-refractivity contribution is 5.77. The maximum absolute atomic E-state index is 15.4. The molecule has 1 aliphatic heterocycles. The number of likely N-dealkylation sites (N-methyl/N-ethyl adjacent to an activating group) is 1. The Labute approximate surface area is 225 Å². The summed E-state index contributed by atoms with van der Waals surface area (Å²) in [6, 6.07) is 10.8. The Morgan fingerprint density at radius 2 is 1.82 bits per heavy atom. The topological polar surface area (TPSA) is 35.5 Å². The summed E-state index contributed by atoms with van der Waals surface area (Å²) in [6.45, 7) is 14.3. The molecule has 2 N–H and O–H groups in total. The quantitative estimate of drug-likeness (QED) is 0.373. The van der Waals surface area contributed by atoms with Crippen molar-refractivity contribution in [2.24, 2.45) is 0 Å². The molecule has 1 fully saturated rings. The van der Waals surface area contributed by atoms with Gasteiger partial charge in [0.1, 0.15) is 5.82 Å². The number of rotatable bonds is 6. The van der Waals surface area contributed by atoms with E-state index in [1.807, 2.05) is 25.1 Å². The standard InChI is InChI=1S/C30H37FN2O.C2H4F2/c1-8-21(13-12-20(4)30(5,6)34)23-14-19(3)27(17-24(23)31)33(7)28-16-22-15-26(28)32-25-11-9-10-18(2)29(22)25;1-2(3)4/h8-14,17,22,26,28,32,34H,4,15-16H2,1-3,5-7H3;2H,1H3/b13-12-,21-8+;. The van der Waals surface area contributed by atoms with Gasteiger partial charge in [0.05, 0.1) is 5.60 Å². The Kier molecular flexibility index (Phi) is 9.19. The zero-order valence-electron chi connectivity index (χ0n) is 23.6. The molecule has 2 aromatic rings. The van der Waals surface area contributed by atoms with Crippen LogP contribution in [0.3, 0.4) is 0 Å². The van der Waals surface area contributed by atoms with E-state index in [4.69, 9.17) is 0 Å². The molecule has 38 heavy (non-hydrogen) atoms. The van der Waals surface area contributed by atoms with Gasteiger partial charge in [-0.05, 0) is 106 Å². The molecule has 0 aromatic heterocycles. The number of allylic oxidation sites excluding steroid dienone is 3. The molecule has 1 saturated carbocycles. The first-order valence-electron chi connectivity index (χ1n) is 13.2. The molecule has 1 heterocycles. The van der Waals surface area contributed by atoms with Crippen molar-refractivity contribution in [3.63, 3.8) is 0 Å². The highest BCUT2D eigenvalue weighted by atomic mass is 19.3. The van der Waals surface area contributed by atoms with E-state index in [0.29, 0.717) is 29.1 Å². The molecular weight excluding hydrogens is 485 g/mol. The minimum absolute atomic E-state index is 0.243. The van der Waals surface area contributed by atoms with Gasteiger partial charge in [-0.15, -0.1) is 0 Å². The molecule has 3 unspecified atom stereocenters. The first-order valence-corrected chi connectivity index (χ1v) is 13.2. The lowest BCUT2D eigenvalue weighted by atomic mass is 9.89. The highest BCUT2D eigenvalue weighted by Crippen LogP contribution is 2.47. The predicted molar refractivity (Wildman–Crippen MR) is 154 cm³/mol. The molecule has 2 bridgehead atoms. The molecule has 2 aromatic carbocycles. The van der Waals surface area contributed by atoms with Crippen LogP contribution in [0, 0.1) is 19.7 Å². The second kappa shape index (κ2) is 11.8. The molecular formula is C32H41F3N2O. The van der Waals surface area contributed by atoms with Gasteiger partial charge in [-0.2, -0.15) is 0 Å². The lowest BCUT2D eigenvalue weighted by Crippen LogP contribution is -2.42. The number of nitrogens with zero attached hydrogens (tertiary/aromatic N) is 1. The lowest BCUT2D eigenvalue weighted by molar-refractivity contribution is 0.124. The van der Waals surface area contributed by atoms with Gasteiger partial charge in [0.25, 0.3) is 0 Å². The van der Waals surface area contributed by atoms with Crippen molar-refractivity contribution in [3.05, 3.63) is 88.8 Å². The summed E-state index contributed by atoms with van der Waals surface area (Å²) in [7, 11) is 2.09. The van der Waals surface area contributed by atoms with Crippen molar-refractivity contribution in [1.29, 1.82) is 0 Å². The third kappa shape index (κ3) is 6.52. The Hall–Kier alpha value is -2.99. The normalized spacial score (nSPS) is 20.6. The van der Waals surface area contributed by atoms with Crippen molar-refractivity contribution in [2.75, 3.05) is 17.3 Å². The van der Waals surface area contributed by atoms with E-state index >= 15 is 4.39 Å². The van der Waals surface area contributed by atoms with Crippen LogP contribution < -0.4 is 10.2 Å². The molecule has 0 spiro atoms. The monoisotopic (exact) mass is 526 g/mol. The summed E-state index contributed by atoms with van der Waals surface area (Å²) < 4.78 is 36.1. The van der Waals surface area contributed by atoms with Crippen LogP contribution in [0.15, 0.2) is 60.7 Å². The van der Waals surface area contributed by atoms with Crippen LogP contribution in [-0.4, -0.2) is 36.3 Å². The van der Waals surface area contributed by atoms with Gasteiger partial charge in [-0.1, -0.05) is 36.9 Å². The summed E-state index contributed by atoms with van der Waals surface area (Å²) in [5.74, 6) is 0.301. The number of halogens is 3. The number of hydrogen-bond acceptors (Lipinski definition) is 3. The molecule has 0 saturated heterocycles. The third-order valence-electron chi connectivity index (χ3n) is 7.64. The summed E-state index contributed by atoms with van der Waals surface area (Å²) in [5.41, 5.74) is 6.93. The van der Waals surface area contributed by atoms with E-state index in [1.165, 1.54) is 16.8 Å². The molecule has 1 aliphatic carbocycles. The number of fused-ring (bicyclic) bond motifs is 4. The van der Waals surface area contributed by atoms with Crippen molar-refractivity contribution < 1.29 is 18.3 Å². The van der Waals surface area contributed by atoms with Gasteiger partial charge in [0, 0.05) is 36.1 Å². The van der Waals surface area contributed by atoms with E-state index in [-0.39, 0.29) is 5.82 Å². The minimum atomic E-state index is -2.17. The van der Waals surface area contributed by atoms with Crippen LogP contribution in [0.1, 0.15) is 68.7 Å². The van der Waals surface area contributed by atoms with Gasteiger partial charge < -0.3 is 15.3 Å². The molecule has 6 heteroatoms. The van der Waals surface area contributed by atoms with Crippen LogP contribution in [0.2, 0.25) is 0 Å². The first-order chi connectivity index (χ1) is 17.7. The van der Waals surface area contributed by atoms with E-state index in [9.17, 15) is 13.9 Å². The van der Waals surface area contributed by atoms with Gasteiger partial charge >= 0.3 is 0 Å². The van der Waals surface area contributed by atoms with Crippen LogP contribution >= 0.6 is 0 Å². The Bertz CT molecular complexity index is 1220.